The molecule has 174 valence electrons. The predicted molar refractivity (Wildman–Crippen MR) is 121 cm³/mol. The zero-order valence-corrected chi connectivity index (χ0v) is 19.2. The monoisotopic (exact) mass is 492 g/mol. The highest BCUT2D eigenvalue weighted by Gasteiger charge is 2.22. The molecule has 0 aromatic heterocycles. The van der Waals surface area contributed by atoms with Crippen molar-refractivity contribution < 1.29 is 30.7 Å². The summed E-state index contributed by atoms with van der Waals surface area (Å²) in [5.74, 6) is 0.0380. The first-order valence-electron chi connectivity index (χ1n) is 9.96. The molecule has 8 nitrogen and oxygen atoms in total. The standard InChI is InChI=1S/C22H21FN2O6S2/c1-15-7-8-16(13-22(15)33(28,29)25-19-6-3-2-5-18(19)23)24-32(26,27)17-9-10-20-21(14-17)31-12-4-11-30-20/h2-3,5-10,13-14,24-25H,4,11-12H2,1H3. The summed E-state index contributed by atoms with van der Waals surface area (Å²) in [7, 11) is -8.25. The Morgan fingerprint density at radius 2 is 1.55 bits per heavy atom. The molecule has 0 fully saturated rings. The number of benzene rings is 3. The van der Waals surface area contributed by atoms with Gasteiger partial charge >= 0.3 is 0 Å². The summed E-state index contributed by atoms with van der Waals surface area (Å²) in [6.45, 7) is 2.43. The number of para-hydroxylation sites is 1. The average Bonchev–Trinajstić information content (AvgIpc) is 3.01. The number of ether oxygens (including phenoxy) is 2. The summed E-state index contributed by atoms with van der Waals surface area (Å²) in [6.07, 6.45) is 0.677. The van der Waals surface area contributed by atoms with Gasteiger partial charge in [-0.1, -0.05) is 18.2 Å². The number of nitrogens with one attached hydrogen (secondary N) is 2. The summed E-state index contributed by atoms with van der Waals surface area (Å²) < 4.78 is 81.2. The molecule has 0 aliphatic carbocycles. The molecular weight excluding hydrogens is 471 g/mol. The molecule has 0 atom stereocenters. The lowest BCUT2D eigenvalue weighted by molar-refractivity contribution is 0.297. The Morgan fingerprint density at radius 1 is 0.818 bits per heavy atom. The van der Waals surface area contributed by atoms with Gasteiger partial charge in [-0.15, -0.1) is 0 Å². The average molecular weight is 493 g/mol. The van der Waals surface area contributed by atoms with Gasteiger partial charge in [-0.05, 0) is 48.9 Å². The SMILES string of the molecule is Cc1ccc(NS(=O)(=O)c2ccc3c(c2)OCCCO3)cc1S(=O)(=O)Nc1ccccc1F. The van der Waals surface area contributed by atoms with E-state index in [2.05, 4.69) is 9.44 Å². The molecule has 0 unspecified atom stereocenters. The van der Waals surface area contributed by atoms with Crippen LogP contribution in [-0.2, 0) is 20.0 Å². The summed E-state index contributed by atoms with van der Waals surface area (Å²) in [6, 6.07) is 13.7. The molecule has 3 aromatic carbocycles. The molecule has 0 amide bonds. The van der Waals surface area contributed by atoms with Crippen molar-refractivity contribution in [3.05, 3.63) is 72.0 Å². The van der Waals surface area contributed by atoms with E-state index in [0.29, 0.717) is 36.7 Å². The number of halogens is 1. The molecular formula is C22H21FN2O6S2. The van der Waals surface area contributed by atoms with Crippen LogP contribution in [0.5, 0.6) is 11.5 Å². The topological polar surface area (TPSA) is 111 Å². The van der Waals surface area contributed by atoms with Crippen LogP contribution in [0, 0.1) is 12.7 Å². The number of aryl methyl sites for hydroxylation is 1. The molecule has 0 spiro atoms. The van der Waals surface area contributed by atoms with Crippen LogP contribution in [0.4, 0.5) is 15.8 Å². The normalized spacial score (nSPS) is 13.8. The van der Waals surface area contributed by atoms with E-state index < -0.39 is 25.9 Å². The van der Waals surface area contributed by atoms with Gasteiger partial charge in [0.15, 0.2) is 11.5 Å². The Balaban J connectivity index is 1.62. The predicted octanol–water partition coefficient (Wildman–Crippen LogP) is 3.90. The Kier molecular flexibility index (Phi) is 6.17. The van der Waals surface area contributed by atoms with Crippen LogP contribution in [-0.4, -0.2) is 30.0 Å². The Labute approximate surface area is 191 Å². The van der Waals surface area contributed by atoms with Crippen molar-refractivity contribution in [3.8, 4) is 11.5 Å². The fourth-order valence-corrected chi connectivity index (χ4v) is 5.63. The lowest BCUT2D eigenvalue weighted by Crippen LogP contribution is -2.17. The van der Waals surface area contributed by atoms with Gasteiger partial charge in [0.05, 0.1) is 34.4 Å². The maximum atomic E-state index is 13.9. The smallest absolute Gasteiger partial charge is 0.262 e. The molecule has 1 heterocycles. The van der Waals surface area contributed by atoms with E-state index in [1.54, 1.807) is 6.92 Å². The van der Waals surface area contributed by atoms with E-state index in [0.717, 1.165) is 6.07 Å². The van der Waals surface area contributed by atoms with Crippen LogP contribution in [0.2, 0.25) is 0 Å². The van der Waals surface area contributed by atoms with E-state index in [4.69, 9.17) is 9.47 Å². The number of sulfonamides is 2. The number of hydrogen-bond donors (Lipinski definition) is 2. The van der Waals surface area contributed by atoms with Crippen LogP contribution in [0.15, 0.2) is 70.5 Å². The second-order valence-corrected chi connectivity index (χ2v) is 10.7. The van der Waals surface area contributed by atoms with Crippen molar-refractivity contribution in [1.82, 2.24) is 0 Å². The fraction of sp³-hybridized carbons (Fsp3) is 0.182. The third kappa shape index (κ3) is 5.04. The largest absolute Gasteiger partial charge is 0.490 e. The van der Waals surface area contributed by atoms with Crippen molar-refractivity contribution in [2.24, 2.45) is 0 Å². The van der Waals surface area contributed by atoms with Gasteiger partial charge in [0, 0.05) is 12.5 Å². The lowest BCUT2D eigenvalue weighted by Gasteiger charge is -2.14. The van der Waals surface area contributed by atoms with E-state index in [9.17, 15) is 21.2 Å². The van der Waals surface area contributed by atoms with Crippen molar-refractivity contribution in [1.29, 1.82) is 0 Å². The van der Waals surface area contributed by atoms with Gasteiger partial charge < -0.3 is 9.47 Å². The van der Waals surface area contributed by atoms with Crippen molar-refractivity contribution >= 4 is 31.4 Å². The minimum atomic E-state index is -4.19. The Hall–Kier alpha value is -3.31. The first-order chi connectivity index (χ1) is 15.7. The summed E-state index contributed by atoms with van der Waals surface area (Å²) in [5.41, 5.74) is 0.175. The van der Waals surface area contributed by atoms with Crippen LogP contribution >= 0.6 is 0 Å². The van der Waals surface area contributed by atoms with Gasteiger partial charge in [-0.25, -0.2) is 21.2 Å². The Morgan fingerprint density at radius 3 is 2.30 bits per heavy atom. The fourth-order valence-electron chi connectivity index (χ4n) is 3.22. The lowest BCUT2D eigenvalue weighted by atomic mass is 10.2. The second kappa shape index (κ2) is 8.91. The molecule has 1 aliphatic heterocycles. The third-order valence-electron chi connectivity index (χ3n) is 4.88. The van der Waals surface area contributed by atoms with Crippen molar-refractivity contribution in [3.63, 3.8) is 0 Å². The number of hydrogen-bond acceptors (Lipinski definition) is 6. The molecule has 0 radical (unpaired) electrons. The highest BCUT2D eigenvalue weighted by Crippen LogP contribution is 2.33. The highest BCUT2D eigenvalue weighted by molar-refractivity contribution is 7.93. The van der Waals surface area contributed by atoms with E-state index >= 15 is 0 Å². The van der Waals surface area contributed by atoms with Crippen LogP contribution in [0.25, 0.3) is 0 Å². The molecule has 3 aromatic rings. The number of rotatable bonds is 6. The molecule has 33 heavy (non-hydrogen) atoms. The minimum Gasteiger partial charge on any atom is -0.490 e. The van der Waals surface area contributed by atoms with Gasteiger partial charge in [0.25, 0.3) is 20.0 Å². The summed E-state index contributed by atoms with van der Waals surface area (Å²) in [4.78, 5) is -0.258. The van der Waals surface area contributed by atoms with Crippen LogP contribution < -0.4 is 18.9 Å². The van der Waals surface area contributed by atoms with E-state index in [1.807, 2.05) is 0 Å². The molecule has 0 saturated carbocycles. The van der Waals surface area contributed by atoms with Gasteiger partial charge in [-0.3, -0.25) is 9.44 Å². The zero-order chi connectivity index (χ0) is 23.6. The second-order valence-electron chi connectivity index (χ2n) is 7.33. The van der Waals surface area contributed by atoms with Crippen LogP contribution in [0.3, 0.4) is 0 Å². The maximum Gasteiger partial charge on any atom is 0.262 e. The molecule has 11 heteroatoms. The molecule has 2 N–H and O–H groups in total. The summed E-state index contributed by atoms with van der Waals surface area (Å²) in [5, 5.41) is 0. The zero-order valence-electron chi connectivity index (χ0n) is 17.5. The third-order valence-corrected chi connectivity index (χ3v) is 7.76. The van der Waals surface area contributed by atoms with Gasteiger partial charge in [0.1, 0.15) is 5.82 Å². The molecule has 0 saturated heterocycles. The highest BCUT2D eigenvalue weighted by atomic mass is 32.2. The summed E-state index contributed by atoms with van der Waals surface area (Å²) >= 11 is 0. The van der Waals surface area contributed by atoms with E-state index in [1.165, 1.54) is 54.6 Å². The Bertz CT molecular complexity index is 1410. The molecule has 0 bridgehead atoms. The molecule has 4 rings (SSSR count). The van der Waals surface area contributed by atoms with Crippen LogP contribution in [0.1, 0.15) is 12.0 Å². The van der Waals surface area contributed by atoms with Gasteiger partial charge in [0.2, 0.25) is 0 Å². The van der Waals surface area contributed by atoms with Crippen molar-refractivity contribution in [2.45, 2.75) is 23.1 Å². The maximum absolute atomic E-state index is 13.9. The quantitative estimate of drug-likeness (QED) is 0.540. The number of fused-ring (bicyclic) bond motifs is 1. The van der Waals surface area contributed by atoms with Gasteiger partial charge in [-0.2, -0.15) is 0 Å². The van der Waals surface area contributed by atoms with E-state index in [-0.39, 0.29) is 21.2 Å². The molecule has 1 aliphatic rings. The number of anilines is 2. The first kappa shape index (κ1) is 22.9. The van der Waals surface area contributed by atoms with Crippen molar-refractivity contribution in [2.75, 3.05) is 22.7 Å². The first-order valence-corrected chi connectivity index (χ1v) is 12.9. The minimum absolute atomic E-state index is 0.0293.